The number of nitrogens with zero attached hydrogens (tertiary/aromatic N) is 3. The molecule has 1 aliphatic heterocycles. The number of carbonyl (C=O) groups is 1. The SMILES string of the molecule is CCn1nc(C)c2c1N(C(C)C)CC(=O)N2. The van der Waals surface area contributed by atoms with Gasteiger partial charge in [0.2, 0.25) is 5.91 Å². The molecule has 2 heterocycles. The van der Waals surface area contributed by atoms with Gasteiger partial charge in [0.15, 0.2) is 5.82 Å². The zero-order chi connectivity index (χ0) is 11.9. The molecule has 0 saturated heterocycles. The standard InChI is InChI=1S/C11H18N4O/c1-5-15-11-10(8(4)13-15)12-9(16)6-14(11)7(2)3/h7H,5-6H2,1-4H3,(H,12,16). The van der Waals surface area contributed by atoms with Crippen LogP contribution in [0.5, 0.6) is 0 Å². The summed E-state index contributed by atoms with van der Waals surface area (Å²) in [5.41, 5.74) is 1.75. The van der Waals surface area contributed by atoms with Crippen molar-refractivity contribution < 1.29 is 4.79 Å². The molecule has 1 aliphatic rings. The average Bonchev–Trinajstić information content (AvgIpc) is 2.54. The van der Waals surface area contributed by atoms with E-state index in [0.717, 1.165) is 23.7 Å². The van der Waals surface area contributed by atoms with E-state index >= 15 is 0 Å². The first-order valence-electron chi connectivity index (χ1n) is 5.68. The number of nitrogens with one attached hydrogen (secondary N) is 1. The molecule has 0 spiro atoms. The lowest BCUT2D eigenvalue weighted by Gasteiger charge is -2.32. The number of aromatic nitrogens is 2. The van der Waals surface area contributed by atoms with E-state index in [0.29, 0.717) is 12.6 Å². The number of rotatable bonds is 2. The first kappa shape index (κ1) is 11.0. The van der Waals surface area contributed by atoms with E-state index in [4.69, 9.17) is 0 Å². The van der Waals surface area contributed by atoms with Crippen LogP contribution in [0.3, 0.4) is 0 Å². The third-order valence-electron chi connectivity index (χ3n) is 2.87. The molecule has 1 N–H and O–H groups in total. The zero-order valence-corrected chi connectivity index (χ0v) is 10.2. The average molecular weight is 222 g/mol. The Labute approximate surface area is 95.4 Å². The predicted molar refractivity (Wildman–Crippen MR) is 63.7 cm³/mol. The summed E-state index contributed by atoms with van der Waals surface area (Å²) < 4.78 is 1.95. The maximum atomic E-state index is 11.6. The molecule has 0 unspecified atom stereocenters. The second-order valence-electron chi connectivity index (χ2n) is 4.37. The molecule has 0 atom stereocenters. The van der Waals surface area contributed by atoms with Crippen molar-refractivity contribution in [2.24, 2.45) is 0 Å². The van der Waals surface area contributed by atoms with Crippen LogP contribution in [0.2, 0.25) is 0 Å². The molecule has 2 rings (SSSR count). The molecule has 5 heteroatoms. The number of aryl methyl sites for hydroxylation is 2. The number of anilines is 2. The topological polar surface area (TPSA) is 50.2 Å². The van der Waals surface area contributed by atoms with E-state index < -0.39 is 0 Å². The van der Waals surface area contributed by atoms with Crippen LogP contribution in [-0.4, -0.2) is 28.3 Å². The molecule has 5 nitrogen and oxygen atoms in total. The van der Waals surface area contributed by atoms with Crippen molar-refractivity contribution in [3.05, 3.63) is 5.69 Å². The third kappa shape index (κ3) is 1.56. The minimum atomic E-state index is 0.0416. The van der Waals surface area contributed by atoms with Crippen LogP contribution < -0.4 is 10.2 Å². The van der Waals surface area contributed by atoms with Crippen LogP contribution in [0, 0.1) is 6.92 Å². The van der Waals surface area contributed by atoms with Gasteiger partial charge in [-0.05, 0) is 27.7 Å². The minimum absolute atomic E-state index is 0.0416. The molecule has 16 heavy (non-hydrogen) atoms. The number of fused-ring (bicyclic) bond motifs is 1. The molecule has 0 saturated carbocycles. The highest BCUT2D eigenvalue weighted by molar-refractivity contribution is 6.01. The molecule has 88 valence electrons. The fraction of sp³-hybridized carbons (Fsp3) is 0.636. The largest absolute Gasteiger partial charge is 0.343 e. The summed E-state index contributed by atoms with van der Waals surface area (Å²) in [5, 5.41) is 7.34. The lowest BCUT2D eigenvalue weighted by Crippen LogP contribution is -2.43. The van der Waals surface area contributed by atoms with Crippen LogP contribution >= 0.6 is 0 Å². The first-order valence-corrected chi connectivity index (χ1v) is 5.68. The van der Waals surface area contributed by atoms with E-state index in [-0.39, 0.29) is 5.91 Å². The Kier molecular flexibility index (Phi) is 2.61. The first-order chi connectivity index (χ1) is 7.54. The minimum Gasteiger partial charge on any atom is -0.343 e. The third-order valence-corrected chi connectivity index (χ3v) is 2.87. The molecule has 0 aromatic carbocycles. The predicted octanol–water partition coefficient (Wildman–Crippen LogP) is 1.38. The summed E-state index contributed by atoms with van der Waals surface area (Å²) in [7, 11) is 0. The van der Waals surface area contributed by atoms with Gasteiger partial charge in [0, 0.05) is 12.6 Å². The second kappa shape index (κ2) is 3.81. The number of amides is 1. The highest BCUT2D eigenvalue weighted by Gasteiger charge is 2.29. The molecule has 1 amide bonds. The number of hydrogen-bond donors (Lipinski definition) is 1. The Morgan fingerprint density at radius 3 is 2.75 bits per heavy atom. The Morgan fingerprint density at radius 2 is 2.19 bits per heavy atom. The van der Waals surface area contributed by atoms with Gasteiger partial charge in [-0.3, -0.25) is 4.79 Å². The van der Waals surface area contributed by atoms with Gasteiger partial charge in [0.25, 0.3) is 0 Å². The normalized spacial score (nSPS) is 15.3. The highest BCUT2D eigenvalue weighted by atomic mass is 16.2. The van der Waals surface area contributed by atoms with Gasteiger partial charge in [-0.2, -0.15) is 5.10 Å². The second-order valence-corrected chi connectivity index (χ2v) is 4.37. The van der Waals surface area contributed by atoms with Gasteiger partial charge in [-0.15, -0.1) is 0 Å². The van der Waals surface area contributed by atoms with E-state index in [1.54, 1.807) is 0 Å². The monoisotopic (exact) mass is 222 g/mol. The van der Waals surface area contributed by atoms with Crippen LogP contribution in [0.1, 0.15) is 26.5 Å². The van der Waals surface area contributed by atoms with Crippen molar-refractivity contribution in [2.45, 2.75) is 40.3 Å². The van der Waals surface area contributed by atoms with Gasteiger partial charge in [-0.1, -0.05) is 0 Å². The van der Waals surface area contributed by atoms with Gasteiger partial charge >= 0.3 is 0 Å². The Hall–Kier alpha value is -1.52. The molecular weight excluding hydrogens is 204 g/mol. The van der Waals surface area contributed by atoms with Crippen LogP contribution in [-0.2, 0) is 11.3 Å². The number of hydrogen-bond acceptors (Lipinski definition) is 3. The van der Waals surface area contributed by atoms with Gasteiger partial charge < -0.3 is 10.2 Å². The fourth-order valence-electron chi connectivity index (χ4n) is 2.06. The van der Waals surface area contributed by atoms with E-state index in [1.165, 1.54) is 0 Å². The molecular formula is C11H18N4O. The van der Waals surface area contributed by atoms with Crippen molar-refractivity contribution >= 4 is 17.4 Å². The van der Waals surface area contributed by atoms with Crippen LogP contribution in [0.4, 0.5) is 11.5 Å². The fourth-order valence-corrected chi connectivity index (χ4v) is 2.06. The van der Waals surface area contributed by atoms with Gasteiger partial charge in [0.1, 0.15) is 5.69 Å². The smallest absolute Gasteiger partial charge is 0.244 e. The zero-order valence-electron chi connectivity index (χ0n) is 10.2. The molecule has 1 aromatic heterocycles. The molecule has 0 bridgehead atoms. The van der Waals surface area contributed by atoms with Crippen LogP contribution in [0.25, 0.3) is 0 Å². The van der Waals surface area contributed by atoms with Crippen LogP contribution in [0.15, 0.2) is 0 Å². The summed E-state index contributed by atoms with van der Waals surface area (Å²) in [5.74, 6) is 1.08. The van der Waals surface area contributed by atoms with E-state index in [9.17, 15) is 4.79 Å². The lowest BCUT2D eigenvalue weighted by molar-refractivity contribution is -0.115. The van der Waals surface area contributed by atoms with E-state index in [1.807, 2.05) is 11.6 Å². The summed E-state index contributed by atoms with van der Waals surface area (Å²) in [6.45, 7) is 9.39. The van der Waals surface area contributed by atoms with Crippen molar-refractivity contribution in [2.75, 3.05) is 16.8 Å². The van der Waals surface area contributed by atoms with Crippen molar-refractivity contribution in [3.63, 3.8) is 0 Å². The van der Waals surface area contributed by atoms with E-state index in [2.05, 4.69) is 36.1 Å². The van der Waals surface area contributed by atoms with Crippen molar-refractivity contribution in [1.82, 2.24) is 9.78 Å². The lowest BCUT2D eigenvalue weighted by atomic mass is 10.2. The molecule has 1 aromatic rings. The Balaban J connectivity index is 2.54. The Bertz CT molecular complexity index is 422. The summed E-state index contributed by atoms with van der Waals surface area (Å²) in [6.07, 6.45) is 0. The molecule has 0 aliphatic carbocycles. The van der Waals surface area contributed by atoms with Crippen molar-refractivity contribution in [1.29, 1.82) is 0 Å². The molecule has 0 fully saturated rings. The van der Waals surface area contributed by atoms with Gasteiger partial charge in [0.05, 0.1) is 12.2 Å². The Morgan fingerprint density at radius 1 is 1.50 bits per heavy atom. The summed E-state index contributed by atoms with van der Waals surface area (Å²) >= 11 is 0. The van der Waals surface area contributed by atoms with Crippen molar-refractivity contribution in [3.8, 4) is 0 Å². The summed E-state index contributed by atoms with van der Waals surface area (Å²) in [4.78, 5) is 13.7. The quantitative estimate of drug-likeness (QED) is 0.822. The summed E-state index contributed by atoms with van der Waals surface area (Å²) in [6, 6.07) is 0.297. The molecule has 0 radical (unpaired) electrons. The number of carbonyl (C=O) groups excluding carboxylic acids is 1. The maximum Gasteiger partial charge on any atom is 0.244 e. The van der Waals surface area contributed by atoms with Gasteiger partial charge in [-0.25, -0.2) is 4.68 Å². The highest BCUT2D eigenvalue weighted by Crippen LogP contribution is 2.33. The maximum absolute atomic E-state index is 11.6.